The van der Waals surface area contributed by atoms with Crippen LogP contribution in [0.3, 0.4) is 0 Å². The van der Waals surface area contributed by atoms with Gasteiger partial charge in [-0.25, -0.2) is 4.39 Å². The molecule has 0 radical (unpaired) electrons. The highest BCUT2D eigenvalue weighted by molar-refractivity contribution is 5.94. The zero-order valence-corrected chi connectivity index (χ0v) is 13.7. The minimum absolute atomic E-state index is 0.00600. The molecule has 0 heterocycles. The van der Waals surface area contributed by atoms with Crippen molar-refractivity contribution >= 4 is 5.91 Å². The molecule has 1 amide bonds. The lowest BCUT2D eigenvalue weighted by Crippen LogP contribution is -2.28. The predicted molar refractivity (Wildman–Crippen MR) is 89.4 cm³/mol. The number of amides is 1. The van der Waals surface area contributed by atoms with Crippen molar-refractivity contribution in [1.29, 1.82) is 0 Å². The fourth-order valence-electron chi connectivity index (χ4n) is 2.24. The number of carbonyl (C=O) groups is 1. The number of halogens is 1. The maximum atomic E-state index is 12.8. The minimum atomic E-state index is -0.358. The summed E-state index contributed by atoms with van der Waals surface area (Å²) in [5.41, 5.74) is 1.56. The molecule has 0 aromatic heterocycles. The molecule has 0 unspecified atom stereocenters. The number of rotatable bonds is 5. The molecule has 4 heteroatoms. The number of nitrogens with one attached hydrogen (secondary N) is 1. The van der Waals surface area contributed by atoms with Crippen LogP contribution in [-0.4, -0.2) is 19.1 Å². The van der Waals surface area contributed by atoms with Gasteiger partial charge in [-0.05, 0) is 41.3 Å². The number of hydrogen-bond acceptors (Lipinski definition) is 2. The summed E-state index contributed by atoms with van der Waals surface area (Å²) in [4.78, 5) is 11.9. The third-order valence-corrected chi connectivity index (χ3v) is 3.45. The second kappa shape index (κ2) is 7.27. The molecule has 0 fully saturated rings. The van der Waals surface area contributed by atoms with Crippen molar-refractivity contribution < 1.29 is 13.9 Å². The number of hydrogen-bond donors (Lipinski definition) is 1. The van der Waals surface area contributed by atoms with E-state index < -0.39 is 0 Å². The van der Waals surface area contributed by atoms with E-state index in [9.17, 15) is 9.18 Å². The third-order valence-electron chi connectivity index (χ3n) is 3.45. The van der Waals surface area contributed by atoms with E-state index in [1.807, 2.05) is 24.3 Å². The Balaban J connectivity index is 1.86. The van der Waals surface area contributed by atoms with Gasteiger partial charge in [-0.15, -0.1) is 0 Å². The van der Waals surface area contributed by atoms with Crippen LogP contribution in [0, 0.1) is 5.82 Å². The maximum absolute atomic E-state index is 12.8. The second-order valence-corrected chi connectivity index (χ2v) is 6.36. The lowest BCUT2D eigenvalue weighted by molar-refractivity contribution is 0.0946. The molecule has 122 valence electrons. The summed E-state index contributed by atoms with van der Waals surface area (Å²) in [6.45, 7) is 7.15. The summed E-state index contributed by atoms with van der Waals surface area (Å²) in [7, 11) is 0. The maximum Gasteiger partial charge on any atom is 0.251 e. The van der Waals surface area contributed by atoms with E-state index in [1.165, 1.54) is 24.3 Å². The van der Waals surface area contributed by atoms with Crippen LogP contribution in [0.2, 0.25) is 0 Å². The molecule has 0 bridgehead atoms. The number of para-hydroxylation sites is 1. The van der Waals surface area contributed by atoms with Crippen LogP contribution in [0.5, 0.6) is 5.75 Å². The highest BCUT2D eigenvalue weighted by Gasteiger charge is 2.18. The fourth-order valence-corrected chi connectivity index (χ4v) is 2.24. The van der Waals surface area contributed by atoms with Crippen LogP contribution in [0.15, 0.2) is 48.5 Å². The van der Waals surface area contributed by atoms with Crippen molar-refractivity contribution in [3.05, 3.63) is 65.5 Å². The second-order valence-electron chi connectivity index (χ2n) is 6.36. The quantitative estimate of drug-likeness (QED) is 0.849. The Morgan fingerprint density at radius 2 is 1.74 bits per heavy atom. The fraction of sp³-hybridized carbons (Fsp3) is 0.316. The van der Waals surface area contributed by atoms with Gasteiger partial charge in [0.2, 0.25) is 0 Å². The van der Waals surface area contributed by atoms with Crippen molar-refractivity contribution in [3.8, 4) is 5.75 Å². The van der Waals surface area contributed by atoms with Crippen molar-refractivity contribution in [3.63, 3.8) is 0 Å². The van der Waals surface area contributed by atoms with Gasteiger partial charge in [0.15, 0.2) is 0 Å². The van der Waals surface area contributed by atoms with Crippen LogP contribution in [-0.2, 0) is 5.41 Å². The monoisotopic (exact) mass is 315 g/mol. The van der Waals surface area contributed by atoms with E-state index in [0.29, 0.717) is 18.7 Å². The molecule has 2 rings (SSSR count). The molecule has 3 nitrogen and oxygen atoms in total. The predicted octanol–water partition coefficient (Wildman–Crippen LogP) is 3.93. The zero-order valence-electron chi connectivity index (χ0n) is 13.7. The Hall–Kier alpha value is -2.36. The first-order chi connectivity index (χ1) is 10.9. The molecule has 2 aromatic carbocycles. The largest absolute Gasteiger partial charge is 0.491 e. The molecule has 0 aliphatic carbocycles. The molecular weight excluding hydrogens is 293 g/mol. The van der Waals surface area contributed by atoms with Crippen molar-refractivity contribution in [2.24, 2.45) is 0 Å². The van der Waals surface area contributed by atoms with Gasteiger partial charge in [-0.2, -0.15) is 0 Å². The van der Waals surface area contributed by atoms with Gasteiger partial charge < -0.3 is 10.1 Å². The van der Waals surface area contributed by atoms with Crippen molar-refractivity contribution in [2.45, 2.75) is 26.2 Å². The molecule has 0 spiro atoms. The first-order valence-electron chi connectivity index (χ1n) is 7.64. The summed E-state index contributed by atoms with van der Waals surface area (Å²) in [5, 5.41) is 2.76. The summed E-state index contributed by atoms with van der Waals surface area (Å²) in [6.07, 6.45) is 0. The topological polar surface area (TPSA) is 38.3 Å². The van der Waals surface area contributed by atoms with E-state index in [4.69, 9.17) is 4.74 Å². The first-order valence-corrected chi connectivity index (χ1v) is 7.64. The van der Waals surface area contributed by atoms with E-state index >= 15 is 0 Å². The minimum Gasteiger partial charge on any atom is -0.491 e. The summed E-state index contributed by atoms with van der Waals surface area (Å²) >= 11 is 0. The van der Waals surface area contributed by atoms with Crippen molar-refractivity contribution in [2.75, 3.05) is 13.2 Å². The lowest BCUT2D eigenvalue weighted by atomic mass is 9.86. The Kier molecular flexibility index (Phi) is 5.37. The molecule has 0 saturated carbocycles. The van der Waals surface area contributed by atoms with Gasteiger partial charge >= 0.3 is 0 Å². The van der Waals surface area contributed by atoms with E-state index in [-0.39, 0.29) is 17.1 Å². The Morgan fingerprint density at radius 3 is 2.39 bits per heavy atom. The van der Waals surface area contributed by atoms with E-state index in [2.05, 4.69) is 26.1 Å². The lowest BCUT2D eigenvalue weighted by Gasteiger charge is -2.22. The highest BCUT2D eigenvalue weighted by atomic mass is 19.1. The van der Waals surface area contributed by atoms with Gasteiger partial charge in [0.25, 0.3) is 5.91 Å². The van der Waals surface area contributed by atoms with Gasteiger partial charge in [0, 0.05) is 5.56 Å². The average molecular weight is 315 g/mol. The third kappa shape index (κ3) is 4.81. The molecule has 0 aliphatic heterocycles. The molecule has 2 aromatic rings. The molecule has 23 heavy (non-hydrogen) atoms. The standard InChI is InChI=1S/C19H22FNO2/c1-19(2,3)16-6-4-5-7-17(16)23-13-12-21-18(22)14-8-10-15(20)11-9-14/h4-11H,12-13H2,1-3H3,(H,21,22). The van der Waals surface area contributed by atoms with Crippen LogP contribution in [0.1, 0.15) is 36.7 Å². The van der Waals surface area contributed by atoms with Crippen LogP contribution in [0.4, 0.5) is 4.39 Å². The molecular formula is C19H22FNO2. The smallest absolute Gasteiger partial charge is 0.251 e. The van der Waals surface area contributed by atoms with E-state index in [1.54, 1.807) is 0 Å². The van der Waals surface area contributed by atoms with Gasteiger partial charge in [0.05, 0.1) is 6.54 Å². The Labute approximate surface area is 136 Å². The van der Waals surface area contributed by atoms with Gasteiger partial charge in [0.1, 0.15) is 18.2 Å². The van der Waals surface area contributed by atoms with Gasteiger partial charge in [-0.3, -0.25) is 4.79 Å². The average Bonchev–Trinajstić information content (AvgIpc) is 2.51. The number of benzene rings is 2. The van der Waals surface area contributed by atoms with Crippen LogP contribution in [0.25, 0.3) is 0 Å². The highest BCUT2D eigenvalue weighted by Crippen LogP contribution is 2.30. The normalized spacial score (nSPS) is 11.1. The van der Waals surface area contributed by atoms with Crippen LogP contribution >= 0.6 is 0 Å². The first kappa shape index (κ1) is 17.0. The number of ether oxygens (including phenoxy) is 1. The summed E-state index contributed by atoms with van der Waals surface area (Å²) < 4.78 is 18.6. The molecule has 0 saturated heterocycles. The van der Waals surface area contributed by atoms with Gasteiger partial charge in [-0.1, -0.05) is 39.0 Å². The summed E-state index contributed by atoms with van der Waals surface area (Å²) in [6, 6.07) is 13.4. The molecule has 0 aliphatic rings. The summed E-state index contributed by atoms with van der Waals surface area (Å²) in [5.74, 6) is 0.234. The Morgan fingerprint density at radius 1 is 1.09 bits per heavy atom. The molecule has 1 N–H and O–H groups in total. The zero-order chi connectivity index (χ0) is 16.9. The molecule has 0 atom stereocenters. The number of carbonyl (C=O) groups excluding carboxylic acids is 1. The van der Waals surface area contributed by atoms with Crippen LogP contribution < -0.4 is 10.1 Å². The SMILES string of the molecule is CC(C)(C)c1ccccc1OCCNC(=O)c1ccc(F)cc1. The van der Waals surface area contributed by atoms with Crippen molar-refractivity contribution in [1.82, 2.24) is 5.32 Å². The van der Waals surface area contributed by atoms with E-state index in [0.717, 1.165) is 11.3 Å². The Bertz CT molecular complexity index is 660.